The molecule has 0 aliphatic carbocycles. The van der Waals surface area contributed by atoms with Gasteiger partial charge < -0.3 is 15.0 Å². The minimum atomic E-state index is -0.0388. The number of aromatic nitrogens is 3. The van der Waals surface area contributed by atoms with Gasteiger partial charge in [-0.1, -0.05) is 23.4 Å². The van der Waals surface area contributed by atoms with Gasteiger partial charge in [0.15, 0.2) is 0 Å². The molecule has 1 unspecified atom stereocenters. The van der Waals surface area contributed by atoms with Crippen LogP contribution in [0, 0.1) is 0 Å². The molecular formula is C19H21N5O2. The topological polar surface area (TPSA) is 71.8 Å². The number of anilines is 2. The second-order valence-electron chi connectivity index (χ2n) is 6.39. The van der Waals surface area contributed by atoms with E-state index < -0.39 is 0 Å². The number of rotatable bonds is 5. The van der Waals surface area contributed by atoms with E-state index in [9.17, 15) is 4.79 Å². The maximum absolute atomic E-state index is 12.3. The number of fused-ring (bicyclic) bond motifs is 1. The van der Waals surface area contributed by atoms with Crippen LogP contribution in [0.4, 0.5) is 11.4 Å². The van der Waals surface area contributed by atoms with E-state index in [4.69, 9.17) is 4.74 Å². The monoisotopic (exact) mass is 351 g/mol. The van der Waals surface area contributed by atoms with Crippen LogP contribution in [0.25, 0.3) is 5.52 Å². The van der Waals surface area contributed by atoms with Crippen LogP contribution >= 0.6 is 0 Å². The summed E-state index contributed by atoms with van der Waals surface area (Å²) in [7, 11) is 1.54. The Morgan fingerprint density at radius 3 is 2.88 bits per heavy atom. The molecule has 0 radical (unpaired) electrons. The van der Waals surface area contributed by atoms with E-state index in [0.717, 1.165) is 42.0 Å². The van der Waals surface area contributed by atoms with E-state index in [-0.39, 0.29) is 18.6 Å². The summed E-state index contributed by atoms with van der Waals surface area (Å²) < 4.78 is 6.76. The zero-order valence-electron chi connectivity index (χ0n) is 14.6. The van der Waals surface area contributed by atoms with E-state index in [1.807, 2.05) is 53.6 Å². The number of methoxy groups -OCH3 is 1. The minimum absolute atomic E-state index is 0.00138. The van der Waals surface area contributed by atoms with Crippen LogP contribution in [0.1, 0.15) is 24.6 Å². The summed E-state index contributed by atoms with van der Waals surface area (Å²) in [6.07, 6.45) is 3.77. The molecular weight excluding hydrogens is 330 g/mol. The molecule has 26 heavy (non-hydrogen) atoms. The first-order valence-electron chi connectivity index (χ1n) is 8.72. The molecule has 1 saturated heterocycles. The third-order valence-electron chi connectivity index (χ3n) is 4.66. The van der Waals surface area contributed by atoms with Crippen molar-refractivity contribution >= 4 is 22.8 Å². The summed E-state index contributed by atoms with van der Waals surface area (Å²) in [5.41, 5.74) is 3.71. The Hall–Kier alpha value is -2.93. The smallest absolute Gasteiger partial charge is 0.249 e. The Bertz CT molecular complexity index is 909. The summed E-state index contributed by atoms with van der Waals surface area (Å²) in [5, 5.41) is 12.0. The Balaban J connectivity index is 1.60. The number of ether oxygens (including phenoxy) is 1. The lowest BCUT2D eigenvalue weighted by Crippen LogP contribution is -2.33. The number of benzene rings is 1. The molecule has 1 amide bonds. The van der Waals surface area contributed by atoms with E-state index in [1.165, 1.54) is 7.11 Å². The molecule has 1 fully saturated rings. The third-order valence-corrected chi connectivity index (χ3v) is 4.66. The molecule has 1 atom stereocenters. The molecule has 1 N–H and O–H groups in total. The molecule has 134 valence electrons. The first-order valence-corrected chi connectivity index (χ1v) is 8.72. The summed E-state index contributed by atoms with van der Waals surface area (Å²) in [6.45, 7) is 0.834. The summed E-state index contributed by atoms with van der Waals surface area (Å²) >= 11 is 0. The highest BCUT2D eigenvalue weighted by molar-refractivity contribution is 5.78. The van der Waals surface area contributed by atoms with Crippen molar-refractivity contribution in [3.05, 3.63) is 54.4 Å². The predicted molar refractivity (Wildman–Crippen MR) is 98.3 cm³/mol. The van der Waals surface area contributed by atoms with Crippen LogP contribution < -0.4 is 5.32 Å². The van der Waals surface area contributed by atoms with Gasteiger partial charge in [-0.15, -0.1) is 5.10 Å². The van der Waals surface area contributed by atoms with Gasteiger partial charge in [-0.3, -0.25) is 4.79 Å². The molecule has 0 bridgehead atoms. The number of likely N-dealkylation sites (tertiary alicyclic amines) is 1. The van der Waals surface area contributed by atoms with Gasteiger partial charge in [0.1, 0.15) is 12.3 Å². The first kappa shape index (κ1) is 16.5. The van der Waals surface area contributed by atoms with Crippen molar-refractivity contribution < 1.29 is 9.53 Å². The fraction of sp³-hybridized carbons (Fsp3) is 0.316. The number of amides is 1. The molecule has 1 aromatic carbocycles. The van der Waals surface area contributed by atoms with Gasteiger partial charge in [-0.25, -0.2) is 4.52 Å². The normalized spacial score (nSPS) is 17.0. The van der Waals surface area contributed by atoms with Crippen LogP contribution in [-0.2, 0) is 9.53 Å². The summed E-state index contributed by atoms with van der Waals surface area (Å²) in [4.78, 5) is 14.1. The van der Waals surface area contributed by atoms with Crippen molar-refractivity contribution in [2.45, 2.75) is 18.9 Å². The van der Waals surface area contributed by atoms with Gasteiger partial charge in [-0.2, -0.15) is 0 Å². The number of carbonyl (C=O) groups excluding carboxylic acids is 1. The lowest BCUT2D eigenvalue weighted by atomic mass is 10.1. The molecule has 0 spiro atoms. The second-order valence-corrected chi connectivity index (χ2v) is 6.39. The van der Waals surface area contributed by atoms with E-state index in [2.05, 4.69) is 15.6 Å². The largest absolute Gasteiger partial charge is 0.375 e. The highest BCUT2D eigenvalue weighted by Gasteiger charge is 2.32. The number of hydrogen-bond acceptors (Lipinski definition) is 5. The molecule has 7 nitrogen and oxygen atoms in total. The minimum Gasteiger partial charge on any atom is -0.375 e. The highest BCUT2D eigenvalue weighted by atomic mass is 16.5. The van der Waals surface area contributed by atoms with Crippen molar-refractivity contribution in [3.8, 4) is 0 Å². The quantitative estimate of drug-likeness (QED) is 0.765. The Labute approximate surface area is 151 Å². The fourth-order valence-electron chi connectivity index (χ4n) is 3.47. The predicted octanol–water partition coefficient (Wildman–Crippen LogP) is 2.78. The third kappa shape index (κ3) is 3.13. The lowest BCUT2D eigenvalue weighted by molar-refractivity contribution is -0.136. The SMILES string of the molecule is COCC(=O)N1CCCC1c1nnn2cc(Nc3ccccc3)ccc12. The highest BCUT2D eigenvalue weighted by Crippen LogP contribution is 2.33. The van der Waals surface area contributed by atoms with Gasteiger partial charge in [0.05, 0.1) is 23.4 Å². The second kappa shape index (κ2) is 7.13. The van der Waals surface area contributed by atoms with Crippen LogP contribution in [-0.4, -0.2) is 45.9 Å². The molecule has 0 saturated carbocycles. The van der Waals surface area contributed by atoms with Crippen molar-refractivity contribution in [2.75, 3.05) is 25.6 Å². The number of nitrogens with zero attached hydrogens (tertiary/aromatic N) is 4. The number of pyridine rings is 1. The van der Waals surface area contributed by atoms with Gasteiger partial charge in [0.25, 0.3) is 0 Å². The number of nitrogens with one attached hydrogen (secondary N) is 1. The fourth-order valence-corrected chi connectivity index (χ4v) is 3.47. The van der Waals surface area contributed by atoms with Crippen molar-refractivity contribution in [3.63, 3.8) is 0 Å². The Morgan fingerprint density at radius 1 is 1.23 bits per heavy atom. The van der Waals surface area contributed by atoms with E-state index in [0.29, 0.717) is 0 Å². The first-order chi connectivity index (χ1) is 12.8. The number of para-hydroxylation sites is 1. The number of hydrogen-bond donors (Lipinski definition) is 1. The van der Waals surface area contributed by atoms with Gasteiger partial charge in [0.2, 0.25) is 5.91 Å². The average Bonchev–Trinajstić information content (AvgIpc) is 3.29. The van der Waals surface area contributed by atoms with Crippen LogP contribution in [0.15, 0.2) is 48.7 Å². The zero-order valence-corrected chi connectivity index (χ0v) is 14.6. The average molecular weight is 351 g/mol. The van der Waals surface area contributed by atoms with Crippen LogP contribution in [0.3, 0.4) is 0 Å². The number of carbonyl (C=O) groups is 1. The van der Waals surface area contributed by atoms with Crippen LogP contribution in [0.2, 0.25) is 0 Å². The van der Waals surface area contributed by atoms with Crippen molar-refractivity contribution in [2.24, 2.45) is 0 Å². The van der Waals surface area contributed by atoms with Crippen LogP contribution in [0.5, 0.6) is 0 Å². The van der Waals surface area contributed by atoms with E-state index in [1.54, 1.807) is 4.52 Å². The molecule has 3 heterocycles. The molecule has 4 rings (SSSR count). The summed E-state index contributed by atoms with van der Waals surface area (Å²) in [6, 6.07) is 13.9. The maximum atomic E-state index is 12.3. The standard InChI is InChI=1S/C19H21N5O2/c1-26-13-18(25)23-11-5-8-16(23)19-17-10-9-15(12-24(17)22-21-19)20-14-6-3-2-4-7-14/h2-4,6-7,9-10,12,16,20H,5,8,11,13H2,1H3. The summed E-state index contributed by atoms with van der Waals surface area (Å²) in [5.74, 6) is -0.00138. The Morgan fingerprint density at radius 2 is 2.08 bits per heavy atom. The van der Waals surface area contributed by atoms with Gasteiger partial charge in [0, 0.05) is 19.3 Å². The van der Waals surface area contributed by atoms with Gasteiger partial charge in [-0.05, 0) is 37.1 Å². The molecule has 1 aliphatic rings. The Kier molecular flexibility index (Phi) is 4.53. The lowest BCUT2D eigenvalue weighted by Gasteiger charge is -2.23. The van der Waals surface area contributed by atoms with Crippen molar-refractivity contribution in [1.29, 1.82) is 0 Å². The van der Waals surface area contributed by atoms with Crippen molar-refractivity contribution in [1.82, 2.24) is 19.7 Å². The molecule has 1 aliphatic heterocycles. The van der Waals surface area contributed by atoms with E-state index >= 15 is 0 Å². The van der Waals surface area contributed by atoms with Gasteiger partial charge >= 0.3 is 0 Å². The molecule has 3 aromatic rings. The zero-order chi connectivity index (χ0) is 17.9. The molecule has 2 aromatic heterocycles. The molecule has 7 heteroatoms. The maximum Gasteiger partial charge on any atom is 0.249 e.